The highest BCUT2D eigenvalue weighted by molar-refractivity contribution is 6.07. The number of nitrogens with zero attached hydrogens (tertiary/aromatic N) is 1. The first-order chi connectivity index (χ1) is 16.9. The molecule has 3 unspecified atom stereocenters. The number of ether oxygens (including phenoxy) is 2. The van der Waals surface area contributed by atoms with E-state index in [0.717, 1.165) is 67.4 Å². The van der Waals surface area contributed by atoms with Crippen LogP contribution in [0.3, 0.4) is 0 Å². The quantitative estimate of drug-likeness (QED) is 0.454. The molecular formula is C28H30F2N2O3. The van der Waals surface area contributed by atoms with Gasteiger partial charge in [0.05, 0.1) is 11.1 Å². The zero-order valence-corrected chi connectivity index (χ0v) is 20.1. The van der Waals surface area contributed by atoms with Crippen molar-refractivity contribution in [1.29, 1.82) is 0 Å². The van der Waals surface area contributed by atoms with Crippen LogP contribution in [0.1, 0.15) is 72.3 Å². The molecule has 0 amide bonds. The van der Waals surface area contributed by atoms with Crippen molar-refractivity contribution < 1.29 is 23.0 Å². The molecule has 2 saturated heterocycles. The number of hydrogen-bond donors (Lipinski definition) is 1. The van der Waals surface area contributed by atoms with Crippen molar-refractivity contribution in [2.75, 3.05) is 13.1 Å². The average molecular weight is 481 g/mol. The highest BCUT2D eigenvalue weighted by Gasteiger charge is 2.52. The second-order valence-corrected chi connectivity index (χ2v) is 10.2. The average Bonchev–Trinajstić information content (AvgIpc) is 3.17. The van der Waals surface area contributed by atoms with Crippen LogP contribution in [0.25, 0.3) is 10.9 Å². The van der Waals surface area contributed by atoms with Crippen molar-refractivity contribution >= 4 is 16.9 Å². The minimum atomic E-state index is -1.07. The Labute approximate surface area is 203 Å². The maximum atomic E-state index is 14.3. The molecule has 7 heteroatoms. The lowest BCUT2D eigenvalue weighted by molar-refractivity contribution is -0.177. The van der Waals surface area contributed by atoms with E-state index in [0.29, 0.717) is 17.2 Å². The predicted molar refractivity (Wildman–Crippen MR) is 128 cm³/mol. The van der Waals surface area contributed by atoms with Gasteiger partial charge >= 0.3 is 5.97 Å². The second-order valence-electron chi connectivity index (χ2n) is 10.2. The Hall–Kier alpha value is -2.93. The molecule has 0 radical (unpaired) electrons. The Balaban J connectivity index is 1.39. The monoisotopic (exact) mass is 480 g/mol. The first kappa shape index (κ1) is 22.5. The first-order valence-electron chi connectivity index (χ1n) is 12.6. The number of fused-ring (bicyclic) bond motifs is 3. The number of H-pyrrole nitrogens is 1. The van der Waals surface area contributed by atoms with Crippen molar-refractivity contribution in [3.8, 4) is 5.75 Å². The summed E-state index contributed by atoms with van der Waals surface area (Å²) in [5, 5.41) is 0.800. The fraction of sp³-hybridized carbons (Fsp3) is 0.464. The van der Waals surface area contributed by atoms with Crippen LogP contribution in [0.2, 0.25) is 0 Å². The van der Waals surface area contributed by atoms with Crippen LogP contribution in [0, 0.1) is 24.5 Å². The molecule has 2 aromatic carbocycles. The van der Waals surface area contributed by atoms with Crippen molar-refractivity contribution in [3.63, 3.8) is 0 Å². The summed E-state index contributed by atoms with van der Waals surface area (Å²) in [6.07, 6.45) is 5.40. The summed E-state index contributed by atoms with van der Waals surface area (Å²) in [6, 6.07) is 7.59. The lowest BCUT2D eigenvalue weighted by Gasteiger charge is -2.56. The van der Waals surface area contributed by atoms with Gasteiger partial charge in [-0.1, -0.05) is 6.07 Å². The van der Waals surface area contributed by atoms with Gasteiger partial charge in [0.15, 0.2) is 5.72 Å². The molecule has 1 aromatic heterocycles. The summed E-state index contributed by atoms with van der Waals surface area (Å²) in [6.45, 7) is 5.45. The third-order valence-corrected chi connectivity index (χ3v) is 8.22. The number of halogens is 2. The van der Waals surface area contributed by atoms with E-state index in [-0.39, 0.29) is 11.3 Å². The van der Waals surface area contributed by atoms with Gasteiger partial charge in [0.2, 0.25) is 0 Å². The van der Waals surface area contributed by atoms with E-state index in [1.54, 1.807) is 0 Å². The molecule has 2 fully saturated rings. The van der Waals surface area contributed by atoms with E-state index in [2.05, 4.69) is 9.88 Å². The number of aromatic amines is 1. The summed E-state index contributed by atoms with van der Waals surface area (Å²) in [5.74, 6) is -0.873. The Morgan fingerprint density at radius 1 is 1.17 bits per heavy atom. The molecule has 1 spiro atoms. The van der Waals surface area contributed by atoms with E-state index in [1.807, 2.05) is 19.1 Å². The predicted octanol–water partition coefficient (Wildman–Crippen LogP) is 6.20. The van der Waals surface area contributed by atoms with E-state index < -0.39 is 23.7 Å². The van der Waals surface area contributed by atoms with Gasteiger partial charge in [-0.25, -0.2) is 13.6 Å². The molecule has 35 heavy (non-hydrogen) atoms. The molecule has 1 N–H and O–H groups in total. The number of benzene rings is 2. The molecule has 6 rings (SSSR count). The van der Waals surface area contributed by atoms with Crippen molar-refractivity contribution in [2.24, 2.45) is 5.92 Å². The van der Waals surface area contributed by atoms with Gasteiger partial charge in [-0.15, -0.1) is 0 Å². The maximum absolute atomic E-state index is 14.3. The minimum absolute atomic E-state index is 0.245. The van der Waals surface area contributed by atoms with E-state index in [4.69, 9.17) is 9.47 Å². The second kappa shape index (κ2) is 8.33. The van der Waals surface area contributed by atoms with Crippen molar-refractivity contribution in [3.05, 3.63) is 64.4 Å². The van der Waals surface area contributed by atoms with Gasteiger partial charge in [-0.3, -0.25) is 4.90 Å². The third-order valence-electron chi connectivity index (χ3n) is 8.22. The number of rotatable bonds is 3. The molecular weight excluding hydrogens is 450 g/mol. The van der Waals surface area contributed by atoms with Crippen molar-refractivity contribution in [1.82, 2.24) is 9.88 Å². The SMILES string of the molecule is Cc1[nH]c2ccc3c(c2c1C(=O)OC(C)c1c(F)cccc1F)CC1CCCN2CCCCC12O3. The van der Waals surface area contributed by atoms with Gasteiger partial charge < -0.3 is 14.5 Å². The van der Waals surface area contributed by atoms with Gasteiger partial charge in [0.1, 0.15) is 23.5 Å². The number of hydrogen-bond acceptors (Lipinski definition) is 4. The molecule has 0 aliphatic carbocycles. The topological polar surface area (TPSA) is 54.6 Å². The van der Waals surface area contributed by atoms with Gasteiger partial charge in [-0.05, 0) is 70.2 Å². The number of carbonyl (C=O) groups excluding carboxylic acids is 1. The maximum Gasteiger partial charge on any atom is 0.341 e. The zero-order chi connectivity index (χ0) is 24.3. The molecule has 0 saturated carbocycles. The number of carbonyl (C=O) groups is 1. The highest BCUT2D eigenvalue weighted by Crippen LogP contribution is 2.50. The lowest BCUT2D eigenvalue weighted by atomic mass is 9.74. The van der Waals surface area contributed by atoms with Crippen LogP contribution in [0.4, 0.5) is 8.78 Å². The molecule has 0 bridgehead atoms. The summed E-state index contributed by atoms with van der Waals surface area (Å²) in [7, 11) is 0. The van der Waals surface area contributed by atoms with Crippen molar-refractivity contribution in [2.45, 2.75) is 64.2 Å². The van der Waals surface area contributed by atoms with Crippen LogP contribution in [-0.4, -0.2) is 34.7 Å². The number of piperidine rings is 2. The summed E-state index contributed by atoms with van der Waals surface area (Å²) in [5.41, 5.74) is 2.45. The number of esters is 1. The van der Waals surface area contributed by atoms with E-state index in [1.165, 1.54) is 31.5 Å². The van der Waals surface area contributed by atoms with Crippen LogP contribution < -0.4 is 4.74 Å². The molecule has 3 aromatic rings. The van der Waals surface area contributed by atoms with Crippen LogP contribution in [0.15, 0.2) is 30.3 Å². The Kier molecular flexibility index (Phi) is 5.36. The molecule has 184 valence electrons. The summed E-state index contributed by atoms with van der Waals surface area (Å²) < 4.78 is 41.0. The number of nitrogens with one attached hydrogen (secondary N) is 1. The fourth-order valence-corrected chi connectivity index (χ4v) is 6.64. The summed E-state index contributed by atoms with van der Waals surface area (Å²) >= 11 is 0. The minimum Gasteiger partial charge on any atom is -0.472 e. The third kappa shape index (κ3) is 3.46. The lowest BCUT2D eigenvalue weighted by Crippen LogP contribution is -2.64. The standard InChI is InChI=1S/C28H30F2N2O3/c1-16-24(27(33)34-17(2)25-20(29)8-5-9-21(25)30)26-19-15-18-7-6-14-32-13-4-3-12-28(18,32)35-23(19)11-10-22(26)31-16/h5,8-11,17-18,31H,3-4,6-7,12-15H2,1-2H3. The molecule has 3 aliphatic rings. The van der Waals surface area contributed by atoms with Gasteiger partial charge in [0.25, 0.3) is 0 Å². The fourth-order valence-electron chi connectivity index (χ4n) is 6.64. The van der Waals surface area contributed by atoms with Crippen LogP contribution in [-0.2, 0) is 11.2 Å². The van der Waals surface area contributed by atoms with E-state index >= 15 is 0 Å². The number of aromatic nitrogens is 1. The normalized spacial score (nSPS) is 24.7. The summed E-state index contributed by atoms with van der Waals surface area (Å²) in [4.78, 5) is 19.2. The Bertz CT molecular complexity index is 1300. The molecule has 4 heterocycles. The van der Waals surface area contributed by atoms with Crippen LogP contribution >= 0.6 is 0 Å². The molecule has 3 aliphatic heterocycles. The van der Waals surface area contributed by atoms with E-state index in [9.17, 15) is 13.6 Å². The van der Waals surface area contributed by atoms with Crippen LogP contribution in [0.5, 0.6) is 5.75 Å². The zero-order valence-electron chi connectivity index (χ0n) is 20.1. The molecule has 5 nitrogen and oxygen atoms in total. The highest BCUT2D eigenvalue weighted by atomic mass is 19.1. The Morgan fingerprint density at radius 3 is 2.74 bits per heavy atom. The number of aryl methyl sites for hydroxylation is 1. The largest absolute Gasteiger partial charge is 0.472 e. The Morgan fingerprint density at radius 2 is 1.94 bits per heavy atom. The van der Waals surface area contributed by atoms with Gasteiger partial charge in [-0.2, -0.15) is 0 Å². The smallest absolute Gasteiger partial charge is 0.341 e. The van der Waals surface area contributed by atoms with Gasteiger partial charge in [0, 0.05) is 47.6 Å². The molecule has 3 atom stereocenters. The first-order valence-corrected chi connectivity index (χ1v) is 12.6.